The quantitative estimate of drug-likeness (QED) is 0.880. The van der Waals surface area contributed by atoms with E-state index in [1.165, 1.54) is 6.07 Å². The number of alkyl halides is 3. The minimum atomic E-state index is -4.36. The monoisotopic (exact) mass is 310 g/mol. The first-order chi connectivity index (χ1) is 9.90. The number of hydrogen-bond acceptors (Lipinski definition) is 2. The first kappa shape index (κ1) is 15.2. The van der Waals surface area contributed by atoms with E-state index in [9.17, 15) is 13.2 Å². The average molecular weight is 311 g/mol. The fourth-order valence-electron chi connectivity index (χ4n) is 1.78. The predicted molar refractivity (Wildman–Crippen MR) is 74.9 cm³/mol. The van der Waals surface area contributed by atoms with Gasteiger partial charge in [-0.15, -0.1) is 0 Å². The molecule has 2 rings (SSSR count). The normalized spacial score (nSPS) is 11.0. The third-order valence-electron chi connectivity index (χ3n) is 2.84. The zero-order valence-corrected chi connectivity index (χ0v) is 11.5. The molecule has 1 N–H and O–H groups in total. The summed E-state index contributed by atoms with van der Waals surface area (Å²) in [6, 6.07) is 11.8. The first-order valence-electron chi connectivity index (χ1n) is 6.00. The SMILES string of the molecule is N#Cc1cc(NCc2cccc(C(F)(F)F)c2)ccc1Cl. The van der Waals surface area contributed by atoms with Crippen LogP contribution in [0.15, 0.2) is 42.5 Å². The van der Waals surface area contributed by atoms with Crippen molar-refractivity contribution >= 4 is 17.3 Å². The number of nitrogens with one attached hydrogen (secondary N) is 1. The van der Waals surface area contributed by atoms with Crippen LogP contribution in [0.5, 0.6) is 0 Å². The molecule has 21 heavy (non-hydrogen) atoms. The van der Waals surface area contributed by atoms with Gasteiger partial charge >= 0.3 is 6.18 Å². The Morgan fingerprint density at radius 1 is 1.14 bits per heavy atom. The number of benzene rings is 2. The molecule has 0 amide bonds. The fourth-order valence-corrected chi connectivity index (χ4v) is 1.94. The van der Waals surface area contributed by atoms with E-state index in [0.717, 1.165) is 12.1 Å². The van der Waals surface area contributed by atoms with Crippen LogP contribution in [0.1, 0.15) is 16.7 Å². The second-order valence-corrected chi connectivity index (χ2v) is 4.77. The van der Waals surface area contributed by atoms with E-state index in [1.54, 1.807) is 24.3 Å². The van der Waals surface area contributed by atoms with Crippen molar-refractivity contribution < 1.29 is 13.2 Å². The van der Waals surface area contributed by atoms with Crippen LogP contribution < -0.4 is 5.32 Å². The molecular formula is C15H10ClF3N2. The van der Waals surface area contributed by atoms with E-state index in [-0.39, 0.29) is 6.54 Å². The molecule has 0 aliphatic rings. The molecule has 0 aliphatic heterocycles. The van der Waals surface area contributed by atoms with Crippen molar-refractivity contribution in [3.63, 3.8) is 0 Å². The molecule has 0 aliphatic carbocycles. The summed E-state index contributed by atoms with van der Waals surface area (Å²) in [5.74, 6) is 0. The van der Waals surface area contributed by atoms with Gasteiger partial charge in [-0.2, -0.15) is 18.4 Å². The molecule has 2 nitrogen and oxygen atoms in total. The van der Waals surface area contributed by atoms with E-state index >= 15 is 0 Å². The number of halogens is 4. The van der Waals surface area contributed by atoms with Crippen LogP contribution >= 0.6 is 11.6 Å². The Morgan fingerprint density at radius 3 is 2.57 bits per heavy atom. The van der Waals surface area contributed by atoms with Gasteiger partial charge in [0.25, 0.3) is 0 Å². The molecule has 0 atom stereocenters. The lowest BCUT2D eigenvalue weighted by Crippen LogP contribution is -2.06. The zero-order valence-electron chi connectivity index (χ0n) is 10.7. The second kappa shape index (κ2) is 6.06. The van der Waals surface area contributed by atoms with E-state index in [0.29, 0.717) is 21.8 Å². The van der Waals surface area contributed by atoms with Gasteiger partial charge in [-0.25, -0.2) is 0 Å². The summed E-state index contributed by atoms with van der Waals surface area (Å²) in [4.78, 5) is 0. The third kappa shape index (κ3) is 3.89. The molecule has 0 fully saturated rings. The Hall–Kier alpha value is -2.19. The predicted octanol–water partition coefficient (Wildman–Crippen LogP) is 4.84. The van der Waals surface area contributed by atoms with Crippen molar-refractivity contribution in [3.8, 4) is 6.07 Å². The van der Waals surface area contributed by atoms with Crippen LogP contribution in [0.4, 0.5) is 18.9 Å². The highest BCUT2D eigenvalue weighted by Gasteiger charge is 2.30. The van der Waals surface area contributed by atoms with Crippen molar-refractivity contribution in [2.75, 3.05) is 5.32 Å². The highest BCUT2D eigenvalue weighted by molar-refractivity contribution is 6.31. The van der Waals surface area contributed by atoms with Gasteiger partial charge in [-0.1, -0.05) is 23.7 Å². The molecule has 0 heterocycles. The smallest absolute Gasteiger partial charge is 0.381 e. The molecule has 2 aromatic rings. The lowest BCUT2D eigenvalue weighted by molar-refractivity contribution is -0.137. The average Bonchev–Trinajstić information content (AvgIpc) is 2.46. The molecule has 0 saturated heterocycles. The molecule has 0 unspecified atom stereocenters. The summed E-state index contributed by atoms with van der Waals surface area (Å²) in [7, 11) is 0. The van der Waals surface area contributed by atoms with Gasteiger partial charge in [0.05, 0.1) is 16.1 Å². The van der Waals surface area contributed by atoms with Crippen LogP contribution in [-0.2, 0) is 12.7 Å². The maximum atomic E-state index is 12.6. The van der Waals surface area contributed by atoms with Crippen molar-refractivity contribution in [2.24, 2.45) is 0 Å². The Balaban J connectivity index is 2.12. The zero-order chi connectivity index (χ0) is 15.5. The number of nitriles is 1. The van der Waals surface area contributed by atoms with E-state index in [4.69, 9.17) is 16.9 Å². The standard InChI is InChI=1S/C15H10ClF3N2/c16-14-5-4-13(7-11(14)8-20)21-9-10-2-1-3-12(6-10)15(17,18)19/h1-7,21H,9H2. The molecule has 0 radical (unpaired) electrons. The van der Waals surface area contributed by atoms with Gasteiger partial charge in [0.1, 0.15) is 6.07 Å². The van der Waals surface area contributed by atoms with Gasteiger partial charge in [0, 0.05) is 12.2 Å². The second-order valence-electron chi connectivity index (χ2n) is 4.36. The van der Waals surface area contributed by atoms with E-state index < -0.39 is 11.7 Å². The van der Waals surface area contributed by atoms with Crippen LogP contribution in [0.25, 0.3) is 0 Å². The van der Waals surface area contributed by atoms with Crippen LogP contribution in [0.2, 0.25) is 5.02 Å². The van der Waals surface area contributed by atoms with Crippen LogP contribution in [-0.4, -0.2) is 0 Å². The van der Waals surface area contributed by atoms with Crippen molar-refractivity contribution in [1.29, 1.82) is 5.26 Å². The maximum Gasteiger partial charge on any atom is 0.416 e. The fraction of sp³-hybridized carbons (Fsp3) is 0.133. The van der Waals surface area contributed by atoms with Crippen LogP contribution in [0.3, 0.4) is 0 Å². The summed E-state index contributed by atoms with van der Waals surface area (Å²) in [5.41, 5.74) is 0.743. The van der Waals surface area contributed by atoms with Gasteiger partial charge in [0.2, 0.25) is 0 Å². The molecule has 0 aromatic heterocycles. The molecule has 0 bridgehead atoms. The third-order valence-corrected chi connectivity index (χ3v) is 3.17. The summed E-state index contributed by atoms with van der Waals surface area (Å²) in [6.45, 7) is 0.219. The van der Waals surface area contributed by atoms with Crippen molar-refractivity contribution in [1.82, 2.24) is 0 Å². The summed E-state index contributed by atoms with van der Waals surface area (Å²) in [5, 5.41) is 12.2. The van der Waals surface area contributed by atoms with E-state index in [2.05, 4.69) is 5.32 Å². The summed E-state index contributed by atoms with van der Waals surface area (Å²) >= 11 is 5.81. The van der Waals surface area contributed by atoms with E-state index in [1.807, 2.05) is 6.07 Å². The topological polar surface area (TPSA) is 35.8 Å². The summed E-state index contributed by atoms with van der Waals surface area (Å²) in [6.07, 6.45) is -4.36. The maximum absolute atomic E-state index is 12.6. The van der Waals surface area contributed by atoms with Crippen molar-refractivity contribution in [3.05, 3.63) is 64.2 Å². The van der Waals surface area contributed by atoms with Crippen LogP contribution in [0, 0.1) is 11.3 Å². The minimum Gasteiger partial charge on any atom is -0.381 e. The molecule has 2 aromatic carbocycles. The lowest BCUT2D eigenvalue weighted by Gasteiger charge is -2.10. The highest BCUT2D eigenvalue weighted by atomic mass is 35.5. The highest BCUT2D eigenvalue weighted by Crippen LogP contribution is 2.29. The molecule has 6 heteroatoms. The Morgan fingerprint density at radius 2 is 1.90 bits per heavy atom. The van der Waals surface area contributed by atoms with Gasteiger partial charge < -0.3 is 5.32 Å². The molecule has 0 spiro atoms. The lowest BCUT2D eigenvalue weighted by atomic mass is 10.1. The number of hydrogen-bond donors (Lipinski definition) is 1. The Bertz CT molecular complexity index is 690. The largest absolute Gasteiger partial charge is 0.416 e. The molecule has 0 saturated carbocycles. The van der Waals surface area contributed by atoms with Crippen molar-refractivity contribution in [2.45, 2.75) is 12.7 Å². The number of rotatable bonds is 3. The summed E-state index contributed by atoms with van der Waals surface area (Å²) < 4.78 is 37.8. The number of nitrogens with zero attached hydrogens (tertiary/aromatic N) is 1. The first-order valence-corrected chi connectivity index (χ1v) is 6.37. The van der Waals surface area contributed by atoms with Gasteiger partial charge in [-0.3, -0.25) is 0 Å². The van der Waals surface area contributed by atoms with Gasteiger partial charge in [-0.05, 0) is 35.9 Å². The Kier molecular flexibility index (Phi) is 4.39. The molecule has 108 valence electrons. The Labute approximate surface area is 124 Å². The molecular weight excluding hydrogens is 301 g/mol. The number of anilines is 1. The van der Waals surface area contributed by atoms with Gasteiger partial charge in [0.15, 0.2) is 0 Å². The minimum absolute atomic E-state index is 0.219.